The Morgan fingerprint density at radius 3 is 3.00 bits per heavy atom. The fourth-order valence-corrected chi connectivity index (χ4v) is 2.29. The maximum atomic E-state index is 12.9. The number of rotatable bonds is 5. The molecule has 0 radical (unpaired) electrons. The first-order valence-electron chi connectivity index (χ1n) is 5.74. The van der Waals surface area contributed by atoms with Crippen LogP contribution in [0, 0.1) is 9.39 Å². The highest BCUT2D eigenvalue weighted by Crippen LogP contribution is 2.13. The molecule has 0 aliphatic carbocycles. The van der Waals surface area contributed by atoms with Gasteiger partial charge in [0, 0.05) is 22.9 Å². The molecule has 5 nitrogen and oxygen atoms in total. The Morgan fingerprint density at radius 2 is 2.32 bits per heavy atom. The van der Waals surface area contributed by atoms with Crippen molar-refractivity contribution in [1.82, 2.24) is 20.3 Å². The number of benzene rings is 1. The Labute approximate surface area is 123 Å². The van der Waals surface area contributed by atoms with Crippen LogP contribution in [0.2, 0.25) is 0 Å². The van der Waals surface area contributed by atoms with Gasteiger partial charge in [-0.2, -0.15) is 0 Å². The SMILES string of the molecule is O=C(NCCCn1ccnn1)c1ccc(F)cc1I. The maximum Gasteiger partial charge on any atom is 0.252 e. The average molecular weight is 374 g/mol. The van der Waals surface area contributed by atoms with Gasteiger partial charge < -0.3 is 5.32 Å². The van der Waals surface area contributed by atoms with Gasteiger partial charge in [0.05, 0.1) is 11.8 Å². The van der Waals surface area contributed by atoms with Gasteiger partial charge in [-0.05, 0) is 47.2 Å². The standard InChI is InChI=1S/C12H12FIN4O/c13-9-2-3-10(11(14)8-9)12(19)15-4-1-6-18-7-5-16-17-18/h2-3,5,7-8H,1,4,6H2,(H,15,19). The van der Waals surface area contributed by atoms with E-state index in [2.05, 4.69) is 15.6 Å². The summed E-state index contributed by atoms with van der Waals surface area (Å²) in [6, 6.07) is 4.11. The highest BCUT2D eigenvalue weighted by atomic mass is 127. The molecule has 0 bridgehead atoms. The maximum absolute atomic E-state index is 12.9. The van der Waals surface area contributed by atoms with Crippen LogP contribution in [-0.2, 0) is 6.54 Å². The third kappa shape index (κ3) is 3.98. The Bertz CT molecular complexity index is 559. The number of carbonyl (C=O) groups excluding carboxylic acids is 1. The molecule has 0 aliphatic rings. The summed E-state index contributed by atoms with van der Waals surface area (Å²) in [6.45, 7) is 1.23. The number of hydrogen-bond acceptors (Lipinski definition) is 3. The van der Waals surface area contributed by atoms with Crippen LogP contribution in [0.25, 0.3) is 0 Å². The van der Waals surface area contributed by atoms with Gasteiger partial charge in [0.15, 0.2) is 0 Å². The molecule has 100 valence electrons. The second-order valence-electron chi connectivity index (χ2n) is 3.90. The summed E-state index contributed by atoms with van der Waals surface area (Å²) in [5.74, 6) is -0.532. The molecule has 0 spiro atoms. The van der Waals surface area contributed by atoms with E-state index in [-0.39, 0.29) is 11.7 Å². The summed E-state index contributed by atoms with van der Waals surface area (Å²) in [7, 11) is 0. The number of carbonyl (C=O) groups is 1. The third-order valence-corrected chi connectivity index (χ3v) is 3.39. The Balaban J connectivity index is 1.81. The van der Waals surface area contributed by atoms with Gasteiger partial charge in [-0.3, -0.25) is 9.48 Å². The molecule has 7 heteroatoms. The fourth-order valence-electron chi connectivity index (χ4n) is 1.56. The molecule has 2 rings (SSSR count). The van der Waals surface area contributed by atoms with Gasteiger partial charge >= 0.3 is 0 Å². The lowest BCUT2D eigenvalue weighted by molar-refractivity contribution is 0.0951. The number of aromatic nitrogens is 3. The zero-order chi connectivity index (χ0) is 13.7. The van der Waals surface area contributed by atoms with Crippen molar-refractivity contribution in [2.75, 3.05) is 6.54 Å². The Hall–Kier alpha value is -1.51. The van der Waals surface area contributed by atoms with E-state index < -0.39 is 0 Å². The van der Waals surface area contributed by atoms with E-state index in [0.29, 0.717) is 22.2 Å². The molecule has 1 aromatic carbocycles. The third-order valence-electron chi connectivity index (χ3n) is 2.50. The fraction of sp³-hybridized carbons (Fsp3) is 0.250. The van der Waals surface area contributed by atoms with Gasteiger partial charge in [0.2, 0.25) is 0 Å². The highest BCUT2D eigenvalue weighted by Gasteiger charge is 2.09. The Kier molecular flexibility index (Phi) is 4.83. The number of hydrogen-bond donors (Lipinski definition) is 1. The number of aryl methyl sites for hydroxylation is 1. The van der Waals surface area contributed by atoms with E-state index in [1.165, 1.54) is 18.2 Å². The topological polar surface area (TPSA) is 59.8 Å². The number of nitrogens with zero attached hydrogens (tertiary/aromatic N) is 3. The van der Waals surface area contributed by atoms with Crippen molar-refractivity contribution in [3.05, 3.63) is 45.5 Å². The predicted octanol–water partition coefficient (Wildman–Crippen LogP) is 1.84. The van der Waals surface area contributed by atoms with E-state index in [1.54, 1.807) is 17.1 Å². The van der Waals surface area contributed by atoms with Crippen molar-refractivity contribution in [1.29, 1.82) is 0 Å². The van der Waals surface area contributed by atoms with Crippen molar-refractivity contribution in [3.8, 4) is 0 Å². The van der Waals surface area contributed by atoms with Crippen molar-refractivity contribution in [2.24, 2.45) is 0 Å². The predicted molar refractivity (Wildman–Crippen MR) is 76.1 cm³/mol. The van der Waals surface area contributed by atoms with Crippen LogP contribution in [0.15, 0.2) is 30.6 Å². The Morgan fingerprint density at radius 1 is 1.47 bits per heavy atom. The summed E-state index contributed by atoms with van der Waals surface area (Å²) >= 11 is 1.95. The lowest BCUT2D eigenvalue weighted by Gasteiger charge is -2.07. The first-order valence-corrected chi connectivity index (χ1v) is 6.82. The van der Waals surface area contributed by atoms with Crippen molar-refractivity contribution in [2.45, 2.75) is 13.0 Å². The van der Waals surface area contributed by atoms with Crippen LogP contribution in [0.3, 0.4) is 0 Å². The first kappa shape index (κ1) is 13.9. The first-order chi connectivity index (χ1) is 9.16. The van der Waals surface area contributed by atoms with Gasteiger partial charge in [0.25, 0.3) is 5.91 Å². The van der Waals surface area contributed by atoms with Crippen LogP contribution in [0.4, 0.5) is 4.39 Å². The highest BCUT2D eigenvalue weighted by molar-refractivity contribution is 14.1. The molecule has 1 aromatic heterocycles. The minimum atomic E-state index is -0.341. The zero-order valence-electron chi connectivity index (χ0n) is 10.0. The van der Waals surface area contributed by atoms with Crippen LogP contribution >= 0.6 is 22.6 Å². The molecular weight excluding hydrogens is 362 g/mol. The smallest absolute Gasteiger partial charge is 0.252 e. The van der Waals surface area contributed by atoms with E-state index in [0.717, 1.165) is 6.42 Å². The van der Waals surface area contributed by atoms with Gasteiger partial charge in [-0.1, -0.05) is 5.21 Å². The number of nitrogens with one attached hydrogen (secondary N) is 1. The molecule has 1 amide bonds. The molecule has 0 atom stereocenters. The van der Waals surface area contributed by atoms with Crippen LogP contribution in [0.5, 0.6) is 0 Å². The van der Waals surface area contributed by atoms with Gasteiger partial charge in [0.1, 0.15) is 5.82 Å². The minimum Gasteiger partial charge on any atom is -0.352 e. The lowest BCUT2D eigenvalue weighted by Crippen LogP contribution is -2.26. The van der Waals surface area contributed by atoms with E-state index >= 15 is 0 Å². The summed E-state index contributed by atoms with van der Waals surface area (Å²) in [5.41, 5.74) is 0.489. The molecule has 2 aromatic rings. The molecule has 19 heavy (non-hydrogen) atoms. The van der Waals surface area contributed by atoms with E-state index in [9.17, 15) is 9.18 Å². The minimum absolute atomic E-state index is 0.192. The van der Waals surface area contributed by atoms with E-state index in [1.807, 2.05) is 22.6 Å². The molecule has 1 heterocycles. The normalized spacial score (nSPS) is 10.4. The van der Waals surface area contributed by atoms with Crippen molar-refractivity contribution < 1.29 is 9.18 Å². The molecule has 1 N–H and O–H groups in total. The van der Waals surface area contributed by atoms with Crippen LogP contribution in [0.1, 0.15) is 16.8 Å². The van der Waals surface area contributed by atoms with Crippen molar-refractivity contribution >= 4 is 28.5 Å². The molecule has 0 fully saturated rings. The molecule has 0 saturated heterocycles. The second kappa shape index (κ2) is 6.60. The van der Waals surface area contributed by atoms with Crippen LogP contribution < -0.4 is 5.32 Å². The van der Waals surface area contributed by atoms with E-state index in [4.69, 9.17) is 0 Å². The summed E-state index contributed by atoms with van der Waals surface area (Å²) < 4.78 is 15.2. The number of amides is 1. The summed E-state index contributed by atoms with van der Waals surface area (Å²) in [5, 5.41) is 10.3. The quantitative estimate of drug-likeness (QED) is 0.642. The second-order valence-corrected chi connectivity index (χ2v) is 5.06. The monoisotopic (exact) mass is 374 g/mol. The van der Waals surface area contributed by atoms with Gasteiger partial charge in [-0.25, -0.2) is 4.39 Å². The number of halogens is 2. The summed E-state index contributed by atoms with van der Waals surface area (Å²) in [4.78, 5) is 11.9. The molecule has 0 aliphatic heterocycles. The molecule has 0 unspecified atom stereocenters. The zero-order valence-corrected chi connectivity index (χ0v) is 12.2. The lowest BCUT2D eigenvalue weighted by atomic mass is 10.2. The average Bonchev–Trinajstić information content (AvgIpc) is 2.87. The largest absolute Gasteiger partial charge is 0.352 e. The summed E-state index contributed by atoms with van der Waals surface area (Å²) in [6.07, 6.45) is 4.14. The van der Waals surface area contributed by atoms with Gasteiger partial charge in [-0.15, -0.1) is 5.10 Å². The van der Waals surface area contributed by atoms with Crippen molar-refractivity contribution in [3.63, 3.8) is 0 Å². The van der Waals surface area contributed by atoms with Crippen LogP contribution in [-0.4, -0.2) is 27.4 Å². The molecule has 0 saturated carbocycles. The molecular formula is C12H12FIN4O.